The molecule has 0 aliphatic carbocycles. The molecule has 0 saturated carbocycles. The van der Waals surface area contributed by atoms with Crippen molar-refractivity contribution < 1.29 is 9.53 Å². The van der Waals surface area contributed by atoms with E-state index in [-0.39, 0.29) is 5.91 Å². The van der Waals surface area contributed by atoms with E-state index in [1.54, 1.807) is 18.4 Å². The molecule has 0 unspecified atom stereocenters. The number of nitrogens with one attached hydrogen (secondary N) is 1. The molecule has 0 aliphatic heterocycles. The van der Waals surface area contributed by atoms with E-state index in [9.17, 15) is 4.79 Å². The fourth-order valence-corrected chi connectivity index (χ4v) is 3.09. The fourth-order valence-electron chi connectivity index (χ4n) is 2.08. The third-order valence-corrected chi connectivity index (χ3v) is 4.44. The van der Waals surface area contributed by atoms with Gasteiger partial charge in [0.1, 0.15) is 0 Å². The number of ether oxygens (including phenoxy) is 1. The van der Waals surface area contributed by atoms with E-state index >= 15 is 0 Å². The molecule has 0 fully saturated rings. The zero-order valence-electron chi connectivity index (χ0n) is 12.0. The first-order chi connectivity index (χ1) is 9.63. The molecule has 2 rings (SSSR count). The number of aryl methyl sites for hydroxylation is 2. The molecule has 20 heavy (non-hydrogen) atoms. The Morgan fingerprint density at radius 3 is 2.80 bits per heavy atom. The molecule has 0 aliphatic rings. The Labute approximate surface area is 123 Å². The van der Waals surface area contributed by atoms with Crippen molar-refractivity contribution >= 4 is 22.9 Å². The Morgan fingerprint density at radius 1 is 1.35 bits per heavy atom. The molecule has 0 radical (unpaired) electrons. The average Bonchev–Trinajstić information content (AvgIpc) is 2.81. The van der Waals surface area contributed by atoms with E-state index in [1.807, 2.05) is 37.3 Å². The molecule has 106 valence electrons. The van der Waals surface area contributed by atoms with E-state index < -0.39 is 0 Å². The summed E-state index contributed by atoms with van der Waals surface area (Å²) in [6.45, 7) is 4.70. The van der Waals surface area contributed by atoms with Gasteiger partial charge < -0.3 is 10.1 Å². The molecule has 1 aromatic heterocycles. The zero-order valence-corrected chi connectivity index (χ0v) is 12.8. The summed E-state index contributed by atoms with van der Waals surface area (Å²) in [6.07, 6.45) is 0.965. The van der Waals surface area contributed by atoms with Gasteiger partial charge in [0.15, 0.2) is 0 Å². The lowest BCUT2D eigenvalue weighted by Crippen LogP contribution is -2.10. The van der Waals surface area contributed by atoms with Crippen LogP contribution in [0.25, 0.3) is 0 Å². The van der Waals surface area contributed by atoms with E-state index in [0.29, 0.717) is 6.61 Å². The van der Waals surface area contributed by atoms with Crippen molar-refractivity contribution in [3.63, 3.8) is 0 Å². The summed E-state index contributed by atoms with van der Waals surface area (Å²) in [5, 5.41) is 2.94. The lowest BCUT2D eigenvalue weighted by Gasteiger charge is -2.06. The molecule has 1 aromatic carbocycles. The number of hydrogen-bond donors (Lipinski definition) is 1. The number of benzene rings is 1. The fraction of sp³-hybridized carbons (Fsp3) is 0.312. The SMILES string of the molecule is CCc1sc(C(=O)Nc2cccc(COC)c2)cc1C. The first-order valence-corrected chi connectivity index (χ1v) is 7.44. The molecule has 3 nitrogen and oxygen atoms in total. The summed E-state index contributed by atoms with van der Waals surface area (Å²) < 4.78 is 5.10. The second-order valence-corrected chi connectivity index (χ2v) is 5.79. The second kappa shape index (κ2) is 6.68. The van der Waals surface area contributed by atoms with Gasteiger partial charge in [-0.05, 0) is 42.7 Å². The first kappa shape index (κ1) is 14.8. The number of thiophene rings is 1. The Balaban J connectivity index is 2.12. The minimum absolute atomic E-state index is 0.0487. The molecule has 0 spiro atoms. The molecule has 0 saturated heterocycles. The van der Waals surface area contributed by atoms with Gasteiger partial charge in [0.05, 0.1) is 11.5 Å². The molecule has 4 heteroatoms. The summed E-state index contributed by atoms with van der Waals surface area (Å²) in [7, 11) is 1.66. The van der Waals surface area contributed by atoms with Gasteiger partial charge in [0.2, 0.25) is 0 Å². The monoisotopic (exact) mass is 289 g/mol. The third kappa shape index (κ3) is 3.46. The molecule has 1 heterocycles. The van der Waals surface area contributed by atoms with E-state index in [2.05, 4.69) is 12.2 Å². The number of anilines is 1. The number of amides is 1. The molecular weight excluding hydrogens is 270 g/mol. The maximum absolute atomic E-state index is 12.2. The van der Waals surface area contributed by atoms with Gasteiger partial charge in [-0.25, -0.2) is 0 Å². The van der Waals surface area contributed by atoms with Crippen LogP contribution in [0.2, 0.25) is 0 Å². The average molecular weight is 289 g/mol. The van der Waals surface area contributed by atoms with Gasteiger partial charge >= 0.3 is 0 Å². The molecule has 1 amide bonds. The summed E-state index contributed by atoms with van der Waals surface area (Å²) >= 11 is 1.56. The normalized spacial score (nSPS) is 10.6. The minimum atomic E-state index is -0.0487. The smallest absolute Gasteiger partial charge is 0.265 e. The quantitative estimate of drug-likeness (QED) is 0.903. The maximum atomic E-state index is 12.2. The Kier molecular flexibility index (Phi) is 4.93. The lowest BCUT2D eigenvalue weighted by atomic mass is 10.2. The van der Waals surface area contributed by atoms with Gasteiger partial charge in [0, 0.05) is 17.7 Å². The van der Waals surface area contributed by atoms with Gasteiger partial charge in [-0.15, -0.1) is 11.3 Å². The predicted octanol–water partition coefficient (Wildman–Crippen LogP) is 4.02. The van der Waals surface area contributed by atoms with E-state index in [4.69, 9.17) is 4.74 Å². The lowest BCUT2D eigenvalue weighted by molar-refractivity contribution is 0.103. The highest BCUT2D eigenvalue weighted by molar-refractivity contribution is 7.14. The Bertz CT molecular complexity index is 604. The number of carbonyl (C=O) groups excluding carboxylic acids is 1. The molecule has 1 N–H and O–H groups in total. The van der Waals surface area contributed by atoms with E-state index in [1.165, 1.54) is 10.4 Å². The van der Waals surface area contributed by atoms with Crippen molar-refractivity contribution in [2.45, 2.75) is 26.9 Å². The van der Waals surface area contributed by atoms with E-state index in [0.717, 1.165) is 22.5 Å². The molecular formula is C16H19NO2S. The van der Waals surface area contributed by atoms with Crippen LogP contribution in [-0.4, -0.2) is 13.0 Å². The van der Waals surface area contributed by atoms with Crippen molar-refractivity contribution in [3.05, 3.63) is 51.2 Å². The topological polar surface area (TPSA) is 38.3 Å². The number of carbonyl (C=O) groups is 1. The maximum Gasteiger partial charge on any atom is 0.265 e. The summed E-state index contributed by atoms with van der Waals surface area (Å²) in [4.78, 5) is 14.3. The number of methoxy groups -OCH3 is 1. The van der Waals surface area contributed by atoms with Crippen LogP contribution < -0.4 is 5.32 Å². The molecule has 0 atom stereocenters. The van der Waals surface area contributed by atoms with Gasteiger partial charge in [0.25, 0.3) is 5.91 Å². The third-order valence-electron chi connectivity index (χ3n) is 3.06. The summed E-state index contributed by atoms with van der Waals surface area (Å²) in [6, 6.07) is 9.67. The molecule has 0 bridgehead atoms. The van der Waals surface area contributed by atoms with Crippen LogP contribution in [0, 0.1) is 6.92 Å². The van der Waals surface area contributed by atoms with Crippen molar-refractivity contribution in [2.24, 2.45) is 0 Å². The number of rotatable bonds is 5. The van der Waals surface area contributed by atoms with Crippen molar-refractivity contribution in [1.82, 2.24) is 0 Å². The highest BCUT2D eigenvalue weighted by Gasteiger charge is 2.12. The molecule has 2 aromatic rings. The van der Waals surface area contributed by atoms with Crippen LogP contribution in [0.4, 0.5) is 5.69 Å². The van der Waals surface area contributed by atoms with Crippen LogP contribution in [0.15, 0.2) is 30.3 Å². The van der Waals surface area contributed by atoms with Crippen LogP contribution in [-0.2, 0) is 17.8 Å². The van der Waals surface area contributed by atoms with Crippen LogP contribution >= 0.6 is 11.3 Å². The van der Waals surface area contributed by atoms with Crippen LogP contribution in [0.5, 0.6) is 0 Å². The van der Waals surface area contributed by atoms with Gasteiger partial charge in [-0.2, -0.15) is 0 Å². The Hall–Kier alpha value is -1.65. The number of hydrogen-bond acceptors (Lipinski definition) is 3. The largest absolute Gasteiger partial charge is 0.380 e. The Morgan fingerprint density at radius 2 is 2.15 bits per heavy atom. The second-order valence-electron chi connectivity index (χ2n) is 4.66. The van der Waals surface area contributed by atoms with Gasteiger partial charge in [-0.1, -0.05) is 19.1 Å². The minimum Gasteiger partial charge on any atom is -0.380 e. The zero-order chi connectivity index (χ0) is 14.5. The van der Waals surface area contributed by atoms with Crippen molar-refractivity contribution in [1.29, 1.82) is 0 Å². The first-order valence-electron chi connectivity index (χ1n) is 6.62. The summed E-state index contributed by atoms with van der Waals surface area (Å²) in [5.74, 6) is -0.0487. The van der Waals surface area contributed by atoms with Crippen molar-refractivity contribution in [2.75, 3.05) is 12.4 Å². The predicted molar refractivity (Wildman–Crippen MR) is 83.5 cm³/mol. The van der Waals surface area contributed by atoms with Crippen LogP contribution in [0.3, 0.4) is 0 Å². The summed E-state index contributed by atoms with van der Waals surface area (Å²) in [5.41, 5.74) is 3.03. The highest BCUT2D eigenvalue weighted by Crippen LogP contribution is 2.23. The highest BCUT2D eigenvalue weighted by atomic mass is 32.1. The van der Waals surface area contributed by atoms with Crippen molar-refractivity contribution in [3.8, 4) is 0 Å². The van der Waals surface area contributed by atoms with Crippen LogP contribution in [0.1, 0.15) is 32.6 Å². The van der Waals surface area contributed by atoms with Gasteiger partial charge in [-0.3, -0.25) is 4.79 Å². The standard InChI is InChI=1S/C16H19NO2S/c1-4-14-11(2)8-15(20-14)16(18)17-13-7-5-6-12(9-13)10-19-3/h5-9H,4,10H2,1-3H3,(H,17,18).